The lowest BCUT2D eigenvalue weighted by molar-refractivity contribution is -0.121. The molecule has 0 spiro atoms. The molecule has 0 atom stereocenters. The van der Waals surface area contributed by atoms with Gasteiger partial charge in [-0.2, -0.15) is 5.26 Å². The number of aliphatic imine (C=N–C) groups is 1. The van der Waals surface area contributed by atoms with Crippen LogP contribution in [0, 0.1) is 11.3 Å². The molecule has 132 valence electrons. The fraction of sp³-hybridized carbons (Fsp3) is 0.0952. The Morgan fingerprint density at radius 2 is 1.89 bits per heavy atom. The molecule has 5 nitrogen and oxygen atoms in total. The summed E-state index contributed by atoms with van der Waals surface area (Å²) in [5.74, 6) is -0.0770. The number of likely N-dealkylation sites (N-methyl/N-ethyl adjacent to an activating group) is 1. The number of amides is 1. The van der Waals surface area contributed by atoms with E-state index in [2.05, 4.69) is 11.1 Å². The summed E-state index contributed by atoms with van der Waals surface area (Å²) in [6.07, 6.45) is 3.80. The molecule has 2 heterocycles. The first kappa shape index (κ1) is 17.1. The van der Waals surface area contributed by atoms with E-state index in [0.29, 0.717) is 10.1 Å². The number of aromatic nitrogens is 1. The average Bonchev–Trinajstić information content (AvgIpc) is 3.16. The summed E-state index contributed by atoms with van der Waals surface area (Å²) in [4.78, 5) is 19.4. The van der Waals surface area contributed by atoms with Crippen LogP contribution in [-0.4, -0.2) is 27.6 Å². The maximum Gasteiger partial charge on any atom is 0.266 e. The van der Waals surface area contributed by atoms with Crippen molar-refractivity contribution in [2.24, 2.45) is 4.99 Å². The highest BCUT2D eigenvalue weighted by Crippen LogP contribution is 2.34. The highest BCUT2D eigenvalue weighted by molar-refractivity contribution is 8.18. The zero-order valence-electron chi connectivity index (χ0n) is 14.7. The minimum atomic E-state index is -0.0770. The number of para-hydroxylation sites is 2. The molecule has 0 unspecified atom stereocenters. The molecule has 4 rings (SSSR count). The molecule has 1 aliphatic heterocycles. The lowest BCUT2D eigenvalue weighted by atomic mass is 10.1. The molecule has 2 aromatic carbocycles. The monoisotopic (exact) mass is 372 g/mol. The summed E-state index contributed by atoms with van der Waals surface area (Å²) in [5.41, 5.74) is 2.71. The van der Waals surface area contributed by atoms with Crippen LogP contribution in [0.3, 0.4) is 0 Å². The first-order chi connectivity index (χ1) is 13.2. The lowest BCUT2D eigenvalue weighted by Crippen LogP contribution is -2.23. The van der Waals surface area contributed by atoms with Gasteiger partial charge < -0.3 is 4.57 Å². The normalized spacial score (nSPS) is 17.2. The van der Waals surface area contributed by atoms with Crippen LogP contribution in [0.5, 0.6) is 0 Å². The van der Waals surface area contributed by atoms with Crippen LogP contribution in [0.4, 0.5) is 5.69 Å². The first-order valence-corrected chi connectivity index (χ1v) is 9.25. The Morgan fingerprint density at radius 1 is 1.15 bits per heavy atom. The van der Waals surface area contributed by atoms with Crippen molar-refractivity contribution in [1.82, 2.24) is 9.47 Å². The number of fused-ring (bicyclic) bond motifs is 1. The van der Waals surface area contributed by atoms with Crippen LogP contribution in [0.25, 0.3) is 17.0 Å². The third kappa shape index (κ3) is 3.25. The fourth-order valence-corrected chi connectivity index (χ4v) is 3.98. The second-order valence-electron chi connectivity index (χ2n) is 6.09. The number of hydrogen-bond acceptors (Lipinski definition) is 4. The molecular weight excluding hydrogens is 356 g/mol. The molecule has 0 aliphatic carbocycles. The molecule has 0 N–H and O–H groups in total. The molecule has 1 aliphatic rings. The van der Waals surface area contributed by atoms with E-state index >= 15 is 0 Å². The zero-order valence-corrected chi connectivity index (χ0v) is 15.5. The van der Waals surface area contributed by atoms with Crippen LogP contribution in [0.1, 0.15) is 5.56 Å². The summed E-state index contributed by atoms with van der Waals surface area (Å²) in [7, 11) is 1.73. The maximum atomic E-state index is 12.7. The number of amidine groups is 1. The number of carbonyl (C=O) groups excluding carboxylic acids is 1. The molecule has 1 amide bonds. The Hall–Kier alpha value is -3.30. The summed E-state index contributed by atoms with van der Waals surface area (Å²) < 4.78 is 1.90. The topological polar surface area (TPSA) is 61.4 Å². The first-order valence-electron chi connectivity index (χ1n) is 8.43. The van der Waals surface area contributed by atoms with E-state index < -0.39 is 0 Å². The van der Waals surface area contributed by atoms with E-state index in [0.717, 1.165) is 22.2 Å². The van der Waals surface area contributed by atoms with E-state index in [1.165, 1.54) is 11.8 Å². The molecule has 1 fully saturated rings. The van der Waals surface area contributed by atoms with Crippen molar-refractivity contribution in [2.75, 3.05) is 7.05 Å². The molecule has 6 heteroatoms. The smallest absolute Gasteiger partial charge is 0.266 e. The van der Waals surface area contributed by atoms with Gasteiger partial charge in [0.15, 0.2) is 5.17 Å². The van der Waals surface area contributed by atoms with Gasteiger partial charge in [-0.15, -0.1) is 0 Å². The van der Waals surface area contributed by atoms with Crippen molar-refractivity contribution >= 4 is 45.5 Å². The van der Waals surface area contributed by atoms with Gasteiger partial charge in [-0.1, -0.05) is 36.4 Å². The Kier molecular flexibility index (Phi) is 4.53. The zero-order chi connectivity index (χ0) is 18.8. The van der Waals surface area contributed by atoms with E-state index in [9.17, 15) is 4.79 Å². The Balaban J connectivity index is 1.73. The van der Waals surface area contributed by atoms with E-state index in [4.69, 9.17) is 5.26 Å². The van der Waals surface area contributed by atoms with E-state index in [1.54, 1.807) is 11.9 Å². The van der Waals surface area contributed by atoms with Crippen LogP contribution in [0.2, 0.25) is 0 Å². The van der Waals surface area contributed by atoms with E-state index in [1.807, 2.05) is 71.4 Å². The van der Waals surface area contributed by atoms with Crippen LogP contribution in [0.15, 0.2) is 70.7 Å². The molecule has 0 radical (unpaired) electrons. The number of nitrogens with zero attached hydrogens (tertiary/aromatic N) is 4. The minimum Gasteiger partial charge on any atom is -0.333 e. The number of carbonyl (C=O) groups is 1. The van der Waals surface area contributed by atoms with Crippen molar-refractivity contribution in [3.63, 3.8) is 0 Å². The minimum absolute atomic E-state index is 0.0770. The van der Waals surface area contributed by atoms with Crippen molar-refractivity contribution < 1.29 is 4.79 Å². The average molecular weight is 372 g/mol. The Morgan fingerprint density at radius 3 is 2.67 bits per heavy atom. The summed E-state index contributed by atoms with van der Waals surface area (Å²) in [5, 5.41) is 10.7. The highest BCUT2D eigenvalue weighted by atomic mass is 32.2. The standard InChI is InChI=1S/C21H16N4OS/c1-24-20(26)19(27-21(24)23-16-7-3-2-4-8-16)13-15-14-25(12-11-22)18-10-6-5-9-17(15)18/h2-10,13-14H,12H2,1H3/b19-13-,23-21?. The Labute approximate surface area is 161 Å². The molecule has 3 aromatic rings. The second-order valence-corrected chi connectivity index (χ2v) is 7.10. The Bertz CT molecular complexity index is 1120. The molecule has 1 aromatic heterocycles. The molecular formula is C21H16N4OS. The third-order valence-electron chi connectivity index (χ3n) is 4.33. The number of hydrogen-bond donors (Lipinski definition) is 0. The predicted molar refractivity (Wildman–Crippen MR) is 109 cm³/mol. The summed E-state index contributed by atoms with van der Waals surface area (Å²) in [6, 6.07) is 19.6. The largest absolute Gasteiger partial charge is 0.333 e. The van der Waals surface area contributed by atoms with Gasteiger partial charge in [0.2, 0.25) is 0 Å². The van der Waals surface area contributed by atoms with E-state index in [-0.39, 0.29) is 12.5 Å². The predicted octanol–water partition coefficient (Wildman–Crippen LogP) is 4.40. The van der Waals surface area contributed by atoms with Gasteiger partial charge in [-0.05, 0) is 36.0 Å². The van der Waals surface area contributed by atoms with Gasteiger partial charge in [0.1, 0.15) is 6.54 Å². The van der Waals surface area contributed by atoms with Crippen LogP contribution >= 0.6 is 11.8 Å². The number of thioether (sulfide) groups is 1. The molecule has 0 saturated carbocycles. The summed E-state index contributed by atoms with van der Waals surface area (Å²) >= 11 is 1.36. The second kappa shape index (κ2) is 7.14. The van der Waals surface area contributed by atoms with Gasteiger partial charge in [0.05, 0.1) is 16.7 Å². The van der Waals surface area contributed by atoms with Crippen LogP contribution in [-0.2, 0) is 11.3 Å². The number of rotatable bonds is 3. The molecule has 27 heavy (non-hydrogen) atoms. The van der Waals surface area contributed by atoms with Gasteiger partial charge in [0, 0.05) is 29.7 Å². The van der Waals surface area contributed by atoms with Crippen molar-refractivity contribution in [2.45, 2.75) is 6.54 Å². The lowest BCUT2D eigenvalue weighted by Gasteiger charge is -2.06. The molecule has 0 bridgehead atoms. The van der Waals surface area contributed by atoms with Crippen LogP contribution < -0.4 is 0 Å². The maximum absolute atomic E-state index is 12.7. The van der Waals surface area contributed by atoms with Crippen molar-refractivity contribution in [3.05, 3.63) is 71.3 Å². The SMILES string of the molecule is CN1C(=O)/C(=C/c2cn(CC#N)c3ccccc23)SC1=Nc1ccccc1. The molecule has 1 saturated heterocycles. The number of benzene rings is 2. The van der Waals surface area contributed by atoms with Crippen molar-refractivity contribution in [3.8, 4) is 6.07 Å². The third-order valence-corrected chi connectivity index (χ3v) is 5.39. The quantitative estimate of drug-likeness (QED) is 0.640. The van der Waals surface area contributed by atoms with Gasteiger partial charge >= 0.3 is 0 Å². The fourth-order valence-electron chi connectivity index (χ4n) is 3.00. The highest BCUT2D eigenvalue weighted by Gasteiger charge is 2.30. The van der Waals surface area contributed by atoms with Gasteiger partial charge in [-0.25, -0.2) is 4.99 Å². The van der Waals surface area contributed by atoms with Gasteiger partial charge in [-0.3, -0.25) is 9.69 Å². The van der Waals surface area contributed by atoms with Gasteiger partial charge in [0.25, 0.3) is 5.91 Å². The summed E-state index contributed by atoms with van der Waals surface area (Å²) in [6.45, 7) is 0.269. The number of nitriles is 1. The van der Waals surface area contributed by atoms with Crippen molar-refractivity contribution in [1.29, 1.82) is 5.26 Å².